The number of thiocarbonyl (C=S) groups is 1. The van der Waals surface area contributed by atoms with Gasteiger partial charge in [0.25, 0.3) is 0 Å². The maximum Gasteiger partial charge on any atom is 0.155 e. The normalized spacial score (nSPS) is 16.4. The molecule has 0 aromatic carbocycles. The molecule has 2 rings (SSSR count). The number of hydrogen-bond acceptors (Lipinski definition) is 5. The average molecular weight is 265 g/mol. The van der Waals surface area contributed by atoms with Crippen LogP contribution in [0.25, 0.3) is 0 Å². The molecule has 3 N–H and O–H groups in total. The van der Waals surface area contributed by atoms with Crippen molar-refractivity contribution in [2.24, 2.45) is 5.73 Å². The van der Waals surface area contributed by atoms with Gasteiger partial charge in [0.15, 0.2) is 5.82 Å². The minimum absolute atomic E-state index is 0.281. The van der Waals surface area contributed by atoms with Crippen LogP contribution in [0.4, 0.5) is 5.82 Å². The molecule has 1 aliphatic heterocycles. The standard InChI is InChI=1S/C12H19N5S/c13-11(18)10-12(15-5-4-14-10)16-6-9-17-7-2-1-3-8-17/h4-5H,1-3,6-9H2,(H2,13,18)(H,15,16). The Labute approximate surface area is 113 Å². The predicted octanol–water partition coefficient (Wildman–Crippen LogP) is 1.01. The third-order valence-corrected chi connectivity index (χ3v) is 3.29. The Bertz CT molecular complexity index is 403. The van der Waals surface area contributed by atoms with Crippen molar-refractivity contribution in [3.63, 3.8) is 0 Å². The molecule has 1 aliphatic rings. The van der Waals surface area contributed by atoms with E-state index in [1.165, 1.54) is 32.4 Å². The van der Waals surface area contributed by atoms with Gasteiger partial charge in [0.2, 0.25) is 0 Å². The van der Waals surface area contributed by atoms with Gasteiger partial charge in [0.05, 0.1) is 0 Å². The van der Waals surface area contributed by atoms with E-state index < -0.39 is 0 Å². The lowest BCUT2D eigenvalue weighted by atomic mass is 10.1. The van der Waals surface area contributed by atoms with E-state index in [9.17, 15) is 0 Å². The zero-order chi connectivity index (χ0) is 12.8. The highest BCUT2D eigenvalue weighted by Crippen LogP contribution is 2.10. The first-order valence-electron chi connectivity index (χ1n) is 6.34. The summed E-state index contributed by atoms with van der Waals surface area (Å²) in [6.45, 7) is 4.26. The Hall–Kier alpha value is -1.27. The monoisotopic (exact) mass is 265 g/mol. The SMILES string of the molecule is NC(=S)c1nccnc1NCCN1CCCCC1. The first-order valence-corrected chi connectivity index (χ1v) is 6.75. The van der Waals surface area contributed by atoms with Crippen LogP contribution in [0.1, 0.15) is 25.0 Å². The van der Waals surface area contributed by atoms with Gasteiger partial charge < -0.3 is 16.0 Å². The molecule has 1 aromatic rings. The number of hydrogen-bond donors (Lipinski definition) is 2. The number of anilines is 1. The van der Waals surface area contributed by atoms with Crippen molar-refractivity contribution in [2.45, 2.75) is 19.3 Å². The van der Waals surface area contributed by atoms with Crippen LogP contribution >= 0.6 is 12.2 Å². The summed E-state index contributed by atoms with van der Waals surface area (Å²) < 4.78 is 0. The molecule has 0 spiro atoms. The van der Waals surface area contributed by atoms with Crippen molar-refractivity contribution in [1.29, 1.82) is 0 Å². The molecule has 0 unspecified atom stereocenters. The van der Waals surface area contributed by atoms with Crippen LogP contribution in [0.2, 0.25) is 0 Å². The van der Waals surface area contributed by atoms with E-state index in [0.717, 1.165) is 13.1 Å². The highest BCUT2D eigenvalue weighted by Gasteiger charge is 2.10. The van der Waals surface area contributed by atoms with Gasteiger partial charge in [-0.1, -0.05) is 18.6 Å². The Kier molecular flexibility index (Phi) is 4.83. The van der Waals surface area contributed by atoms with Crippen LogP contribution < -0.4 is 11.1 Å². The van der Waals surface area contributed by atoms with Gasteiger partial charge in [-0.15, -0.1) is 0 Å². The van der Waals surface area contributed by atoms with E-state index >= 15 is 0 Å². The first kappa shape index (κ1) is 13.2. The smallest absolute Gasteiger partial charge is 0.155 e. The van der Waals surface area contributed by atoms with Gasteiger partial charge in [-0.05, 0) is 25.9 Å². The molecular weight excluding hydrogens is 246 g/mol. The lowest BCUT2D eigenvalue weighted by Gasteiger charge is -2.26. The fourth-order valence-corrected chi connectivity index (χ4v) is 2.31. The highest BCUT2D eigenvalue weighted by molar-refractivity contribution is 7.80. The number of aromatic nitrogens is 2. The van der Waals surface area contributed by atoms with Crippen molar-refractivity contribution < 1.29 is 0 Å². The minimum atomic E-state index is 0.281. The molecule has 5 nitrogen and oxygen atoms in total. The number of rotatable bonds is 5. The zero-order valence-electron chi connectivity index (χ0n) is 10.4. The quantitative estimate of drug-likeness (QED) is 0.775. The minimum Gasteiger partial charge on any atom is -0.388 e. The lowest BCUT2D eigenvalue weighted by molar-refractivity contribution is 0.237. The fraction of sp³-hybridized carbons (Fsp3) is 0.583. The van der Waals surface area contributed by atoms with Crippen molar-refractivity contribution in [2.75, 3.05) is 31.5 Å². The molecule has 1 aromatic heterocycles. The molecule has 6 heteroatoms. The molecule has 0 bridgehead atoms. The zero-order valence-corrected chi connectivity index (χ0v) is 11.2. The maximum atomic E-state index is 5.61. The van der Waals surface area contributed by atoms with Crippen LogP contribution in [0.15, 0.2) is 12.4 Å². The third-order valence-electron chi connectivity index (χ3n) is 3.10. The molecule has 0 radical (unpaired) electrons. The van der Waals surface area contributed by atoms with Crippen molar-refractivity contribution in [3.8, 4) is 0 Å². The van der Waals surface area contributed by atoms with Crippen LogP contribution in [-0.2, 0) is 0 Å². The second kappa shape index (κ2) is 6.61. The predicted molar refractivity (Wildman–Crippen MR) is 76.7 cm³/mol. The number of nitrogens with one attached hydrogen (secondary N) is 1. The first-order chi connectivity index (χ1) is 8.77. The molecule has 0 amide bonds. The fourth-order valence-electron chi connectivity index (χ4n) is 2.16. The number of likely N-dealkylation sites (tertiary alicyclic amines) is 1. The molecule has 0 saturated carbocycles. The van der Waals surface area contributed by atoms with Crippen molar-refractivity contribution in [3.05, 3.63) is 18.1 Å². The molecule has 0 atom stereocenters. The number of piperidine rings is 1. The Balaban J connectivity index is 1.84. The summed E-state index contributed by atoms with van der Waals surface area (Å²) in [4.78, 5) is 11.1. The summed E-state index contributed by atoms with van der Waals surface area (Å²) in [6.07, 6.45) is 7.22. The highest BCUT2D eigenvalue weighted by atomic mass is 32.1. The largest absolute Gasteiger partial charge is 0.388 e. The molecule has 2 heterocycles. The molecule has 0 aliphatic carbocycles. The summed E-state index contributed by atoms with van der Waals surface area (Å²) in [5, 5.41) is 3.26. The van der Waals surface area contributed by atoms with Crippen LogP contribution in [0.3, 0.4) is 0 Å². The van der Waals surface area contributed by atoms with E-state index in [1.807, 2.05) is 0 Å². The lowest BCUT2D eigenvalue weighted by Crippen LogP contribution is -2.34. The molecule has 98 valence electrons. The molecular formula is C12H19N5S. The number of nitrogens with two attached hydrogens (primary N) is 1. The van der Waals surface area contributed by atoms with E-state index in [2.05, 4.69) is 20.2 Å². The molecule has 18 heavy (non-hydrogen) atoms. The van der Waals surface area contributed by atoms with Crippen molar-refractivity contribution in [1.82, 2.24) is 14.9 Å². The number of nitrogens with zero attached hydrogens (tertiary/aromatic N) is 3. The summed E-state index contributed by atoms with van der Waals surface area (Å²) in [6, 6.07) is 0. The third kappa shape index (κ3) is 3.61. The molecule has 1 fully saturated rings. The van der Waals surface area contributed by atoms with E-state index in [0.29, 0.717) is 11.5 Å². The van der Waals surface area contributed by atoms with Gasteiger partial charge >= 0.3 is 0 Å². The topological polar surface area (TPSA) is 67.1 Å². The maximum absolute atomic E-state index is 5.61. The Morgan fingerprint density at radius 2 is 2.00 bits per heavy atom. The Morgan fingerprint density at radius 1 is 1.28 bits per heavy atom. The Morgan fingerprint density at radius 3 is 2.72 bits per heavy atom. The van der Waals surface area contributed by atoms with Crippen LogP contribution in [-0.4, -0.2) is 46.0 Å². The average Bonchev–Trinajstić information content (AvgIpc) is 2.40. The van der Waals surface area contributed by atoms with Gasteiger partial charge in [-0.2, -0.15) is 0 Å². The summed E-state index contributed by atoms with van der Waals surface area (Å²) in [7, 11) is 0. The second-order valence-electron chi connectivity index (χ2n) is 4.45. The van der Waals surface area contributed by atoms with E-state index in [1.54, 1.807) is 12.4 Å². The summed E-state index contributed by atoms with van der Waals surface area (Å²) in [5.41, 5.74) is 6.18. The molecule has 1 saturated heterocycles. The van der Waals surface area contributed by atoms with Crippen molar-refractivity contribution >= 4 is 23.0 Å². The van der Waals surface area contributed by atoms with E-state index in [4.69, 9.17) is 18.0 Å². The van der Waals surface area contributed by atoms with Gasteiger partial charge in [0.1, 0.15) is 10.7 Å². The van der Waals surface area contributed by atoms with Crippen LogP contribution in [0.5, 0.6) is 0 Å². The van der Waals surface area contributed by atoms with Crippen LogP contribution in [0, 0.1) is 0 Å². The summed E-state index contributed by atoms with van der Waals surface area (Å²) >= 11 is 4.95. The van der Waals surface area contributed by atoms with E-state index in [-0.39, 0.29) is 4.99 Å². The second-order valence-corrected chi connectivity index (χ2v) is 4.89. The van der Waals surface area contributed by atoms with Gasteiger partial charge in [-0.3, -0.25) is 0 Å². The summed E-state index contributed by atoms with van der Waals surface area (Å²) in [5.74, 6) is 0.682. The van der Waals surface area contributed by atoms with Gasteiger partial charge in [0, 0.05) is 25.5 Å². The van der Waals surface area contributed by atoms with Gasteiger partial charge in [-0.25, -0.2) is 9.97 Å².